The van der Waals surface area contributed by atoms with Crippen LogP contribution in [0.25, 0.3) is 10.8 Å². The number of amides is 1. The van der Waals surface area contributed by atoms with Crippen molar-refractivity contribution in [1.82, 2.24) is 4.90 Å². The van der Waals surface area contributed by atoms with Crippen LogP contribution in [-0.2, 0) is 6.54 Å². The first-order chi connectivity index (χ1) is 12.5. The van der Waals surface area contributed by atoms with E-state index >= 15 is 0 Å². The molecule has 3 rings (SSSR count). The molecule has 0 aromatic heterocycles. The molecular formula is C22H23NO3. The maximum Gasteiger partial charge on any atom is 0.254 e. The number of benzene rings is 3. The fraction of sp³-hybridized carbons (Fsp3) is 0.227. The maximum atomic E-state index is 12.9. The molecule has 0 aliphatic rings. The molecular weight excluding hydrogens is 326 g/mol. The van der Waals surface area contributed by atoms with Crippen LogP contribution in [0.5, 0.6) is 11.5 Å². The molecule has 4 heteroatoms. The van der Waals surface area contributed by atoms with E-state index < -0.39 is 0 Å². The Hall–Kier alpha value is -3.01. The van der Waals surface area contributed by atoms with Crippen LogP contribution in [0.3, 0.4) is 0 Å². The topological polar surface area (TPSA) is 38.8 Å². The van der Waals surface area contributed by atoms with Gasteiger partial charge in [0.05, 0.1) is 14.2 Å². The van der Waals surface area contributed by atoms with Gasteiger partial charge in [0.25, 0.3) is 5.91 Å². The second-order valence-corrected chi connectivity index (χ2v) is 6.31. The van der Waals surface area contributed by atoms with E-state index in [9.17, 15) is 4.79 Å². The third-order valence-electron chi connectivity index (χ3n) is 4.63. The molecule has 0 spiro atoms. The quantitative estimate of drug-likeness (QED) is 0.684. The first-order valence-electron chi connectivity index (χ1n) is 8.50. The first-order valence-corrected chi connectivity index (χ1v) is 8.50. The number of nitrogens with zero attached hydrogens (tertiary/aromatic N) is 1. The molecule has 0 saturated heterocycles. The van der Waals surface area contributed by atoms with Crippen LogP contribution in [0.1, 0.15) is 21.5 Å². The van der Waals surface area contributed by atoms with Crippen LogP contribution in [0.2, 0.25) is 0 Å². The number of fused-ring (bicyclic) bond motifs is 1. The van der Waals surface area contributed by atoms with Crippen molar-refractivity contribution in [2.45, 2.75) is 13.5 Å². The van der Waals surface area contributed by atoms with E-state index in [-0.39, 0.29) is 5.91 Å². The summed E-state index contributed by atoms with van der Waals surface area (Å²) in [7, 11) is 4.99. The summed E-state index contributed by atoms with van der Waals surface area (Å²) >= 11 is 0. The lowest BCUT2D eigenvalue weighted by Crippen LogP contribution is -2.26. The van der Waals surface area contributed by atoms with Gasteiger partial charge in [-0.25, -0.2) is 0 Å². The van der Waals surface area contributed by atoms with Crippen molar-refractivity contribution in [3.05, 3.63) is 71.3 Å². The molecule has 0 N–H and O–H groups in total. The summed E-state index contributed by atoms with van der Waals surface area (Å²) in [5, 5.41) is 2.33. The molecule has 1 amide bonds. The largest absolute Gasteiger partial charge is 0.496 e. The molecule has 0 aliphatic carbocycles. The Morgan fingerprint density at radius 2 is 1.58 bits per heavy atom. The summed E-state index contributed by atoms with van der Waals surface area (Å²) in [4.78, 5) is 14.7. The van der Waals surface area contributed by atoms with E-state index in [4.69, 9.17) is 9.47 Å². The monoisotopic (exact) mass is 349 g/mol. The Morgan fingerprint density at radius 3 is 2.23 bits per heavy atom. The van der Waals surface area contributed by atoms with E-state index in [0.717, 1.165) is 16.5 Å². The highest BCUT2D eigenvalue weighted by atomic mass is 16.5. The van der Waals surface area contributed by atoms with Crippen LogP contribution >= 0.6 is 0 Å². The highest BCUT2D eigenvalue weighted by Gasteiger charge is 2.17. The number of methoxy groups -OCH3 is 2. The fourth-order valence-corrected chi connectivity index (χ4v) is 3.19. The molecule has 0 radical (unpaired) electrons. The van der Waals surface area contributed by atoms with Gasteiger partial charge in [0, 0.05) is 24.7 Å². The second-order valence-electron chi connectivity index (χ2n) is 6.31. The minimum Gasteiger partial charge on any atom is -0.496 e. The molecule has 134 valence electrons. The average molecular weight is 349 g/mol. The molecule has 0 aliphatic heterocycles. The smallest absolute Gasteiger partial charge is 0.254 e. The molecule has 0 heterocycles. The van der Waals surface area contributed by atoms with E-state index in [0.29, 0.717) is 23.6 Å². The van der Waals surface area contributed by atoms with Gasteiger partial charge >= 0.3 is 0 Å². The number of ether oxygens (including phenoxy) is 2. The summed E-state index contributed by atoms with van der Waals surface area (Å²) < 4.78 is 10.8. The Morgan fingerprint density at radius 1 is 0.962 bits per heavy atom. The lowest BCUT2D eigenvalue weighted by Gasteiger charge is -2.20. The first kappa shape index (κ1) is 17.8. The van der Waals surface area contributed by atoms with Gasteiger partial charge in [0.2, 0.25) is 0 Å². The fourth-order valence-electron chi connectivity index (χ4n) is 3.19. The van der Waals surface area contributed by atoms with Crippen molar-refractivity contribution in [3.63, 3.8) is 0 Å². The van der Waals surface area contributed by atoms with Crippen molar-refractivity contribution in [2.75, 3.05) is 21.3 Å². The molecule has 3 aromatic rings. The minimum atomic E-state index is -0.0745. The highest BCUT2D eigenvalue weighted by Crippen LogP contribution is 2.30. The number of carbonyl (C=O) groups is 1. The van der Waals surface area contributed by atoms with Crippen LogP contribution < -0.4 is 9.47 Å². The Labute approximate surface area is 154 Å². The Kier molecular flexibility index (Phi) is 5.12. The van der Waals surface area contributed by atoms with Gasteiger partial charge in [-0.15, -0.1) is 0 Å². The lowest BCUT2D eigenvalue weighted by atomic mass is 10.0. The summed E-state index contributed by atoms with van der Waals surface area (Å²) in [6, 6.07) is 17.9. The van der Waals surface area contributed by atoms with E-state index in [1.54, 1.807) is 31.3 Å². The van der Waals surface area contributed by atoms with Crippen LogP contribution in [-0.4, -0.2) is 32.1 Å². The third kappa shape index (κ3) is 3.36. The van der Waals surface area contributed by atoms with E-state index in [1.807, 2.05) is 32.2 Å². The lowest BCUT2D eigenvalue weighted by molar-refractivity contribution is 0.0785. The summed E-state index contributed by atoms with van der Waals surface area (Å²) in [6.45, 7) is 2.43. The molecule has 3 aromatic carbocycles. The van der Waals surface area contributed by atoms with Crippen LogP contribution in [0.15, 0.2) is 54.6 Å². The van der Waals surface area contributed by atoms with E-state index in [2.05, 4.69) is 24.3 Å². The van der Waals surface area contributed by atoms with Gasteiger partial charge in [-0.3, -0.25) is 4.79 Å². The molecule has 0 saturated carbocycles. The Bertz CT molecular complexity index is 919. The van der Waals surface area contributed by atoms with Crippen molar-refractivity contribution in [1.29, 1.82) is 0 Å². The summed E-state index contributed by atoms with van der Waals surface area (Å²) in [6.07, 6.45) is 0. The predicted octanol–water partition coefficient (Wildman–Crippen LogP) is 4.44. The SMILES string of the molecule is COc1cc(C(=O)N(C)Cc2cccc3ccccc23)cc(OC)c1C. The van der Waals surface area contributed by atoms with Gasteiger partial charge in [-0.1, -0.05) is 42.5 Å². The minimum absolute atomic E-state index is 0.0745. The van der Waals surface area contributed by atoms with Crippen molar-refractivity contribution < 1.29 is 14.3 Å². The number of rotatable bonds is 5. The summed E-state index contributed by atoms with van der Waals surface area (Å²) in [5.41, 5.74) is 2.54. The normalized spacial score (nSPS) is 10.6. The third-order valence-corrected chi connectivity index (χ3v) is 4.63. The number of hydrogen-bond donors (Lipinski definition) is 0. The zero-order chi connectivity index (χ0) is 18.7. The molecule has 0 unspecified atom stereocenters. The zero-order valence-corrected chi connectivity index (χ0v) is 15.6. The molecule has 4 nitrogen and oxygen atoms in total. The molecule has 0 fully saturated rings. The number of carbonyl (C=O) groups excluding carboxylic acids is 1. The van der Waals surface area contributed by atoms with Gasteiger partial charge < -0.3 is 14.4 Å². The summed E-state index contributed by atoms with van der Waals surface area (Å²) in [5.74, 6) is 1.21. The van der Waals surface area contributed by atoms with Crippen LogP contribution in [0, 0.1) is 6.92 Å². The van der Waals surface area contributed by atoms with Crippen molar-refractivity contribution in [3.8, 4) is 11.5 Å². The highest BCUT2D eigenvalue weighted by molar-refractivity contribution is 5.95. The molecule has 26 heavy (non-hydrogen) atoms. The zero-order valence-electron chi connectivity index (χ0n) is 15.6. The Balaban J connectivity index is 1.90. The standard InChI is InChI=1S/C22H23NO3/c1-15-20(25-3)12-18(13-21(15)26-4)22(24)23(2)14-17-10-7-9-16-8-5-6-11-19(16)17/h5-13H,14H2,1-4H3. The van der Waals surface area contributed by atoms with Gasteiger partial charge in [-0.05, 0) is 35.4 Å². The average Bonchev–Trinajstić information content (AvgIpc) is 2.67. The second kappa shape index (κ2) is 7.48. The van der Waals surface area contributed by atoms with Crippen molar-refractivity contribution >= 4 is 16.7 Å². The van der Waals surface area contributed by atoms with Gasteiger partial charge in [0.15, 0.2) is 0 Å². The predicted molar refractivity (Wildman–Crippen MR) is 104 cm³/mol. The number of hydrogen-bond acceptors (Lipinski definition) is 3. The molecule has 0 bridgehead atoms. The van der Waals surface area contributed by atoms with Gasteiger partial charge in [-0.2, -0.15) is 0 Å². The van der Waals surface area contributed by atoms with E-state index in [1.165, 1.54) is 5.39 Å². The van der Waals surface area contributed by atoms with Crippen LogP contribution in [0.4, 0.5) is 0 Å². The van der Waals surface area contributed by atoms with Gasteiger partial charge in [0.1, 0.15) is 11.5 Å². The van der Waals surface area contributed by atoms with Crippen molar-refractivity contribution in [2.24, 2.45) is 0 Å². The maximum absolute atomic E-state index is 12.9. The molecule has 0 atom stereocenters.